The number of β-amino-alcohol motifs (C(OH)–C–C–N with tert-alkyl or cyclic N) is 1. The average molecular weight is 961 g/mol. The number of carbonyl (C=O) groups is 2. The molecule has 17 heteroatoms. The van der Waals surface area contributed by atoms with Gasteiger partial charge < -0.3 is 39.5 Å². The number of aryl methyl sites for hydroxylation is 1. The molecule has 7 heterocycles. The van der Waals surface area contributed by atoms with Crippen LogP contribution in [0.1, 0.15) is 89.8 Å². The highest BCUT2D eigenvalue weighted by Gasteiger charge is 2.44. The maximum absolute atomic E-state index is 14.2. The van der Waals surface area contributed by atoms with E-state index in [9.17, 15) is 14.7 Å². The molecule has 4 aliphatic rings. The Morgan fingerprint density at radius 1 is 0.986 bits per heavy atom. The standard InChI is InChI=1S/C52H68N10O6S/c1-32(2)47(51(65)62-30-39(63)24-43(62)50(64)55-33(3)36-12-14-37(15-13-36)48-34(4)54-31-69-48)45-26-46(58-68-45)66-23-22-59-18-16-35(17-19-59)28-60-20-21-61-38(29-60)27-53-49-42(61)25-41(56-57-49)40-10-8-9-11-44(40)67-52(5,6)7/h8-15,25-26,31-33,35,38-39,43,47,63H,16-24,27-30H2,1-7H3,(H,53,57)(H,55,64). The summed E-state index contributed by atoms with van der Waals surface area (Å²) in [7, 11) is 0. The lowest BCUT2D eigenvalue weighted by molar-refractivity contribution is -0.141. The highest BCUT2D eigenvalue weighted by Crippen LogP contribution is 2.38. The van der Waals surface area contributed by atoms with Crippen molar-refractivity contribution in [3.63, 3.8) is 0 Å². The molecule has 9 rings (SSSR count). The van der Waals surface area contributed by atoms with Gasteiger partial charge in [-0.3, -0.25) is 19.4 Å². The average Bonchev–Trinajstić information content (AvgIpc) is 4.09. The highest BCUT2D eigenvalue weighted by atomic mass is 32.1. The van der Waals surface area contributed by atoms with Crippen molar-refractivity contribution in [3.8, 4) is 33.3 Å². The number of nitrogens with one attached hydrogen (secondary N) is 2. The molecule has 5 unspecified atom stereocenters. The number of hydrogen-bond acceptors (Lipinski definition) is 15. The van der Waals surface area contributed by atoms with Crippen LogP contribution in [0.5, 0.6) is 11.6 Å². The number of thiazole rings is 1. The van der Waals surface area contributed by atoms with Gasteiger partial charge >= 0.3 is 0 Å². The molecule has 3 fully saturated rings. The SMILES string of the molecule is Cc1ncsc1-c1ccc(C(C)NC(=O)C2CC(O)CN2C(=O)C(c2cc(OCCN3CCC(CN4CCN5c6cc(-c7ccccc7OC(C)(C)C)nnc6NCC5C4)CC3)no2)C(C)C)cc1. The van der Waals surface area contributed by atoms with Crippen LogP contribution >= 0.6 is 11.3 Å². The Morgan fingerprint density at radius 2 is 1.77 bits per heavy atom. The lowest BCUT2D eigenvalue weighted by atomic mass is 9.91. The minimum atomic E-state index is -0.815. The Balaban J connectivity index is 0.725. The maximum atomic E-state index is 14.2. The fourth-order valence-electron chi connectivity index (χ4n) is 10.4. The molecule has 4 aliphatic heterocycles. The molecule has 3 aromatic heterocycles. The van der Waals surface area contributed by atoms with Crippen molar-refractivity contribution in [2.45, 2.75) is 103 Å². The molecule has 3 saturated heterocycles. The topological polar surface area (TPSA) is 175 Å². The third kappa shape index (κ3) is 11.2. The van der Waals surface area contributed by atoms with Gasteiger partial charge in [-0.2, -0.15) is 0 Å². The van der Waals surface area contributed by atoms with Crippen molar-refractivity contribution in [3.05, 3.63) is 83.2 Å². The van der Waals surface area contributed by atoms with Gasteiger partial charge in [0.05, 0.1) is 45.7 Å². The highest BCUT2D eigenvalue weighted by molar-refractivity contribution is 7.13. The van der Waals surface area contributed by atoms with E-state index in [1.807, 2.05) is 75.7 Å². The van der Waals surface area contributed by atoms with Crippen molar-refractivity contribution < 1.29 is 28.7 Å². The van der Waals surface area contributed by atoms with Crippen LogP contribution in [-0.2, 0) is 9.59 Å². The first-order valence-electron chi connectivity index (χ1n) is 24.7. The Hall–Kier alpha value is -5.62. The zero-order valence-corrected chi connectivity index (χ0v) is 41.9. The molecule has 368 valence electrons. The van der Waals surface area contributed by atoms with Crippen LogP contribution in [0.15, 0.2) is 70.7 Å². The quantitative estimate of drug-likeness (QED) is 0.0976. The fraction of sp³-hybridized carbons (Fsp3) is 0.538. The number of aromatic nitrogens is 4. The van der Waals surface area contributed by atoms with Gasteiger partial charge in [0, 0.05) is 63.9 Å². The van der Waals surface area contributed by atoms with Crippen LogP contribution in [0, 0.1) is 18.8 Å². The number of likely N-dealkylation sites (tertiary alicyclic amines) is 2. The number of anilines is 2. The molecular weight excluding hydrogens is 893 g/mol. The third-order valence-electron chi connectivity index (χ3n) is 14.0. The minimum absolute atomic E-state index is 0.0667. The van der Waals surface area contributed by atoms with Crippen LogP contribution in [0.2, 0.25) is 0 Å². The first kappa shape index (κ1) is 48.4. The summed E-state index contributed by atoms with van der Waals surface area (Å²) in [5.74, 6) is 1.57. The summed E-state index contributed by atoms with van der Waals surface area (Å²) in [5.41, 5.74) is 7.39. The number of nitrogens with zero attached hydrogens (tertiary/aromatic N) is 8. The first-order valence-corrected chi connectivity index (χ1v) is 25.6. The summed E-state index contributed by atoms with van der Waals surface area (Å²) < 4.78 is 18.1. The van der Waals surface area contributed by atoms with Crippen molar-refractivity contribution in [2.24, 2.45) is 11.8 Å². The normalized spacial score (nSPS) is 21.1. The van der Waals surface area contributed by atoms with E-state index in [2.05, 4.69) is 78.6 Å². The zero-order valence-electron chi connectivity index (χ0n) is 41.1. The number of aliphatic hydroxyl groups is 1. The molecule has 2 amide bonds. The van der Waals surface area contributed by atoms with Crippen molar-refractivity contribution in [2.75, 3.05) is 75.7 Å². The number of rotatable bonds is 15. The van der Waals surface area contributed by atoms with E-state index in [0.29, 0.717) is 30.2 Å². The molecule has 0 saturated carbocycles. The Bertz CT molecular complexity index is 2550. The number of fused-ring (bicyclic) bond motifs is 3. The molecule has 0 spiro atoms. The number of carbonyl (C=O) groups excluding carboxylic acids is 2. The van der Waals surface area contributed by atoms with Gasteiger partial charge in [-0.15, -0.1) is 21.5 Å². The number of para-hydroxylation sites is 1. The van der Waals surface area contributed by atoms with Crippen LogP contribution in [0.4, 0.5) is 11.5 Å². The summed E-state index contributed by atoms with van der Waals surface area (Å²) in [6.45, 7) is 22.2. The number of aliphatic hydroxyl groups excluding tert-OH is 1. The minimum Gasteiger partial charge on any atom is -0.487 e. The molecule has 69 heavy (non-hydrogen) atoms. The molecule has 0 aliphatic carbocycles. The Morgan fingerprint density at radius 3 is 2.51 bits per heavy atom. The molecule has 0 radical (unpaired) electrons. The second-order valence-electron chi connectivity index (χ2n) is 20.6. The van der Waals surface area contributed by atoms with Crippen LogP contribution in [0.25, 0.3) is 21.7 Å². The number of piperidine rings is 1. The number of hydrogen-bond donors (Lipinski definition) is 3. The first-order chi connectivity index (χ1) is 33.2. The van der Waals surface area contributed by atoms with E-state index in [-0.39, 0.29) is 42.3 Å². The number of ether oxygens (including phenoxy) is 2. The monoisotopic (exact) mass is 961 g/mol. The molecule has 16 nitrogen and oxygen atoms in total. The summed E-state index contributed by atoms with van der Waals surface area (Å²) >= 11 is 1.60. The van der Waals surface area contributed by atoms with Gasteiger partial charge in [0.1, 0.15) is 29.9 Å². The van der Waals surface area contributed by atoms with Crippen molar-refractivity contribution in [1.29, 1.82) is 0 Å². The van der Waals surface area contributed by atoms with Gasteiger partial charge in [-0.25, -0.2) is 4.98 Å². The Labute approximate surface area is 409 Å². The molecular formula is C52H68N10O6S. The lowest BCUT2D eigenvalue weighted by Crippen LogP contribution is -2.58. The van der Waals surface area contributed by atoms with Crippen LogP contribution in [0.3, 0.4) is 0 Å². The van der Waals surface area contributed by atoms with Gasteiger partial charge in [0.15, 0.2) is 11.6 Å². The zero-order chi connectivity index (χ0) is 48.4. The van der Waals surface area contributed by atoms with Crippen molar-refractivity contribution in [1.82, 2.24) is 40.4 Å². The summed E-state index contributed by atoms with van der Waals surface area (Å²) in [6, 6.07) is 19.2. The van der Waals surface area contributed by atoms with Crippen LogP contribution in [-0.4, -0.2) is 141 Å². The Kier molecular flexibility index (Phi) is 14.6. The number of amides is 2. The van der Waals surface area contributed by atoms with E-state index >= 15 is 0 Å². The van der Waals surface area contributed by atoms with Gasteiger partial charge in [-0.05, 0) is 107 Å². The predicted octanol–water partition coefficient (Wildman–Crippen LogP) is 7.03. The maximum Gasteiger partial charge on any atom is 0.254 e. The van der Waals surface area contributed by atoms with Crippen molar-refractivity contribution >= 4 is 34.7 Å². The molecule has 5 atom stereocenters. The van der Waals surface area contributed by atoms with E-state index in [1.54, 1.807) is 17.4 Å². The van der Waals surface area contributed by atoms with Crippen LogP contribution < -0.4 is 25.0 Å². The van der Waals surface area contributed by atoms with E-state index in [4.69, 9.17) is 14.0 Å². The number of piperazine rings is 1. The van der Waals surface area contributed by atoms with E-state index in [1.165, 1.54) is 4.90 Å². The molecule has 2 aromatic carbocycles. The molecule has 5 aromatic rings. The summed E-state index contributed by atoms with van der Waals surface area (Å²) in [4.78, 5) is 42.6. The predicted molar refractivity (Wildman–Crippen MR) is 268 cm³/mol. The molecule has 3 N–H and O–H groups in total. The summed E-state index contributed by atoms with van der Waals surface area (Å²) in [6.07, 6.45) is 1.62. The third-order valence-corrected chi connectivity index (χ3v) is 15.0. The van der Waals surface area contributed by atoms with Gasteiger partial charge in [-0.1, -0.05) is 50.2 Å². The van der Waals surface area contributed by atoms with E-state index in [0.717, 1.165) is 115 Å². The number of benzene rings is 2. The van der Waals surface area contributed by atoms with Gasteiger partial charge in [0.2, 0.25) is 11.8 Å². The lowest BCUT2D eigenvalue weighted by Gasteiger charge is -2.47. The second-order valence-corrected chi connectivity index (χ2v) is 21.5. The smallest absolute Gasteiger partial charge is 0.254 e. The second kappa shape index (κ2) is 20.8. The molecule has 0 bridgehead atoms. The van der Waals surface area contributed by atoms with Gasteiger partial charge in [0.25, 0.3) is 5.88 Å². The largest absolute Gasteiger partial charge is 0.487 e. The fourth-order valence-corrected chi connectivity index (χ4v) is 11.2. The van der Waals surface area contributed by atoms with E-state index < -0.39 is 18.1 Å². The summed E-state index contributed by atoms with van der Waals surface area (Å²) in [5, 5.41) is 30.8.